The molecular formula is C17H31N3O2. The van der Waals surface area contributed by atoms with E-state index < -0.39 is 0 Å². The highest BCUT2D eigenvalue weighted by atomic mass is 16.2. The van der Waals surface area contributed by atoms with E-state index in [0.717, 1.165) is 32.6 Å². The summed E-state index contributed by atoms with van der Waals surface area (Å²) in [6, 6.07) is 0.186. The van der Waals surface area contributed by atoms with Crippen LogP contribution in [-0.2, 0) is 9.59 Å². The molecule has 2 aliphatic rings. The topological polar surface area (TPSA) is 52.7 Å². The van der Waals surface area contributed by atoms with Crippen LogP contribution in [0.5, 0.6) is 0 Å². The second kappa shape index (κ2) is 8.51. The fourth-order valence-electron chi connectivity index (χ4n) is 3.49. The van der Waals surface area contributed by atoms with Crippen LogP contribution in [0.25, 0.3) is 0 Å². The summed E-state index contributed by atoms with van der Waals surface area (Å²) in [7, 11) is 0. The Kier molecular flexibility index (Phi) is 6.68. The van der Waals surface area contributed by atoms with Gasteiger partial charge in [0.1, 0.15) is 0 Å². The molecule has 5 heteroatoms. The minimum Gasteiger partial charge on any atom is -0.353 e. The number of hydrogen-bond donors (Lipinski definition) is 1. The Morgan fingerprint density at radius 1 is 1.05 bits per heavy atom. The number of nitrogens with zero attached hydrogens (tertiary/aromatic N) is 2. The average molecular weight is 309 g/mol. The number of piperazine rings is 1. The number of carbonyl (C=O) groups is 2. The predicted molar refractivity (Wildman–Crippen MR) is 87.5 cm³/mol. The molecule has 0 bridgehead atoms. The van der Waals surface area contributed by atoms with Crippen LogP contribution in [0.1, 0.15) is 52.4 Å². The number of amides is 2. The van der Waals surface area contributed by atoms with Crippen molar-refractivity contribution in [2.75, 3.05) is 32.7 Å². The molecule has 0 aromatic rings. The van der Waals surface area contributed by atoms with E-state index in [1.807, 2.05) is 18.7 Å². The van der Waals surface area contributed by atoms with E-state index in [0.29, 0.717) is 18.4 Å². The third-order valence-electron chi connectivity index (χ3n) is 4.73. The summed E-state index contributed by atoms with van der Waals surface area (Å²) in [6.07, 6.45) is 7.09. The number of nitrogens with one attached hydrogen (secondary N) is 1. The molecule has 1 aliphatic carbocycles. The summed E-state index contributed by atoms with van der Waals surface area (Å²) >= 11 is 0. The second-order valence-corrected chi connectivity index (χ2v) is 7.09. The Balaban J connectivity index is 1.67. The third kappa shape index (κ3) is 5.59. The monoisotopic (exact) mass is 309 g/mol. The Hall–Kier alpha value is -1.10. The van der Waals surface area contributed by atoms with Gasteiger partial charge in [0.15, 0.2) is 0 Å². The van der Waals surface area contributed by atoms with E-state index in [1.165, 1.54) is 32.1 Å². The summed E-state index contributed by atoms with van der Waals surface area (Å²) in [4.78, 5) is 28.3. The van der Waals surface area contributed by atoms with E-state index in [2.05, 4.69) is 10.2 Å². The van der Waals surface area contributed by atoms with Gasteiger partial charge in [0.2, 0.25) is 11.8 Å². The highest BCUT2D eigenvalue weighted by molar-refractivity contribution is 5.78. The van der Waals surface area contributed by atoms with Crippen LogP contribution < -0.4 is 5.32 Å². The van der Waals surface area contributed by atoms with Crippen LogP contribution in [0.15, 0.2) is 0 Å². The van der Waals surface area contributed by atoms with Crippen LogP contribution >= 0.6 is 0 Å². The molecule has 2 amide bonds. The summed E-state index contributed by atoms with van der Waals surface area (Å²) in [6.45, 7) is 7.53. The Bertz CT molecular complexity index is 370. The predicted octanol–water partition coefficient (Wildman–Crippen LogP) is 1.63. The lowest BCUT2D eigenvalue weighted by Crippen LogP contribution is -2.51. The molecule has 1 N–H and O–H groups in total. The summed E-state index contributed by atoms with van der Waals surface area (Å²) in [5, 5.41) is 2.92. The molecule has 0 spiro atoms. The fraction of sp³-hybridized carbons (Fsp3) is 0.882. The molecule has 1 saturated heterocycles. The van der Waals surface area contributed by atoms with Crippen molar-refractivity contribution in [3.63, 3.8) is 0 Å². The first-order chi connectivity index (χ1) is 10.5. The van der Waals surface area contributed by atoms with Gasteiger partial charge in [-0.15, -0.1) is 0 Å². The SMILES string of the molecule is CC(C)NC(=O)CN1CCN(C(=O)CC2CCCCC2)CC1. The van der Waals surface area contributed by atoms with Crippen molar-refractivity contribution < 1.29 is 9.59 Å². The Morgan fingerprint density at radius 2 is 1.68 bits per heavy atom. The van der Waals surface area contributed by atoms with Crippen molar-refractivity contribution in [3.8, 4) is 0 Å². The standard InChI is InChI=1S/C17H31N3O2/c1-14(2)18-16(21)13-19-8-10-20(11-9-19)17(22)12-15-6-4-3-5-7-15/h14-15H,3-13H2,1-2H3,(H,18,21). The van der Waals surface area contributed by atoms with Crippen molar-refractivity contribution in [2.45, 2.75) is 58.4 Å². The lowest BCUT2D eigenvalue weighted by Gasteiger charge is -2.35. The maximum atomic E-state index is 12.4. The van der Waals surface area contributed by atoms with Crippen LogP contribution in [0, 0.1) is 5.92 Å². The number of rotatable bonds is 5. The molecule has 0 aromatic heterocycles. The van der Waals surface area contributed by atoms with E-state index in [-0.39, 0.29) is 11.9 Å². The quantitative estimate of drug-likeness (QED) is 0.840. The zero-order chi connectivity index (χ0) is 15.9. The smallest absolute Gasteiger partial charge is 0.234 e. The minimum atomic E-state index is 0.0805. The van der Waals surface area contributed by atoms with Crippen molar-refractivity contribution in [2.24, 2.45) is 5.92 Å². The van der Waals surface area contributed by atoms with Gasteiger partial charge >= 0.3 is 0 Å². The molecule has 2 rings (SSSR count). The van der Waals surface area contributed by atoms with Gasteiger partial charge < -0.3 is 10.2 Å². The fourth-order valence-corrected chi connectivity index (χ4v) is 3.49. The largest absolute Gasteiger partial charge is 0.353 e. The van der Waals surface area contributed by atoms with E-state index >= 15 is 0 Å². The second-order valence-electron chi connectivity index (χ2n) is 7.09. The van der Waals surface area contributed by atoms with Crippen molar-refractivity contribution in [3.05, 3.63) is 0 Å². The maximum absolute atomic E-state index is 12.4. The number of hydrogen-bond acceptors (Lipinski definition) is 3. The molecule has 5 nitrogen and oxygen atoms in total. The van der Waals surface area contributed by atoms with Gasteiger partial charge in [0.05, 0.1) is 6.54 Å². The lowest BCUT2D eigenvalue weighted by molar-refractivity contribution is -0.134. The highest BCUT2D eigenvalue weighted by Gasteiger charge is 2.25. The maximum Gasteiger partial charge on any atom is 0.234 e. The first kappa shape index (κ1) is 17.3. The molecule has 0 aromatic carbocycles. The van der Waals surface area contributed by atoms with Crippen molar-refractivity contribution >= 4 is 11.8 Å². The van der Waals surface area contributed by atoms with Gasteiger partial charge in [0.25, 0.3) is 0 Å². The van der Waals surface area contributed by atoms with Crippen LogP contribution in [0.4, 0.5) is 0 Å². The van der Waals surface area contributed by atoms with Gasteiger partial charge in [-0.05, 0) is 32.6 Å². The minimum absolute atomic E-state index is 0.0805. The molecule has 1 saturated carbocycles. The van der Waals surface area contributed by atoms with E-state index in [1.54, 1.807) is 0 Å². The summed E-state index contributed by atoms with van der Waals surface area (Å²) < 4.78 is 0. The molecule has 2 fully saturated rings. The summed E-state index contributed by atoms with van der Waals surface area (Å²) in [5.41, 5.74) is 0. The van der Waals surface area contributed by atoms with Crippen molar-refractivity contribution in [1.82, 2.24) is 15.1 Å². The molecule has 0 atom stereocenters. The van der Waals surface area contributed by atoms with E-state index in [9.17, 15) is 9.59 Å². The lowest BCUT2D eigenvalue weighted by atomic mass is 9.86. The van der Waals surface area contributed by atoms with Gasteiger partial charge in [-0.1, -0.05) is 19.3 Å². The molecule has 0 radical (unpaired) electrons. The molecule has 1 heterocycles. The molecule has 1 aliphatic heterocycles. The van der Waals surface area contributed by atoms with E-state index in [4.69, 9.17) is 0 Å². The highest BCUT2D eigenvalue weighted by Crippen LogP contribution is 2.26. The van der Waals surface area contributed by atoms with Gasteiger partial charge in [-0.2, -0.15) is 0 Å². The first-order valence-electron chi connectivity index (χ1n) is 8.84. The molecule has 0 unspecified atom stereocenters. The van der Waals surface area contributed by atoms with Crippen molar-refractivity contribution in [1.29, 1.82) is 0 Å². The molecular weight excluding hydrogens is 278 g/mol. The van der Waals surface area contributed by atoms with Crippen LogP contribution in [-0.4, -0.2) is 60.4 Å². The Labute approximate surface area is 134 Å². The third-order valence-corrected chi connectivity index (χ3v) is 4.73. The van der Waals surface area contributed by atoms with Gasteiger partial charge in [-0.3, -0.25) is 14.5 Å². The zero-order valence-electron chi connectivity index (χ0n) is 14.1. The van der Waals surface area contributed by atoms with Gasteiger partial charge in [-0.25, -0.2) is 0 Å². The van der Waals surface area contributed by atoms with Gasteiger partial charge in [0, 0.05) is 38.6 Å². The molecule has 22 heavy (non-hydrogen) atoms. The summed E-state index contributed by atoms with van der Waals surface area (Å²) in [5.74, 6) is 1.01. The molecule has 126 valence electrons. The zero-order valence-corrected chi connectivity index (χ0v) is 14.1. The first-order valence-corrected chi connectivity index (χ1v) is 8.84. The Morgan fingerprint density at radius 3 is 2.27 bits per heavy atom. The normalized spacial score (nSPS) is 21.1. The van der Waals surface area contributed by atoms with Crippen LogP contribution in [0.3, 0.4) is 0 Å². The average Bonchev–Trinajstić information content (AvgIpc) is 2.48. The number of carbonyl (C=O) groups excluding carboxylic acids is 2. The van der Waals surface area contributed by atoms with Crippen LogP contribution in [0.2, 0.25) is 0 Å².